The predicted molar refractivity (Wildman–Crippen MR) is 100 cm³/mol. The highest BCUT2D eigenvalue weighted by atomic mass is 16.6. The number of oxime groups is 1. The van der Waals surface area contributed by atoms with Gasteiger partial charge in [-0.1, -0.05) is 47.6 Å². The van der Waals surface area contributed by atoms with Gasteiger partial charge < -0.3 is 9.57 Å². The fourth-order valence-corrected chi connectivity index (χ4v) is 2.51. The van der Waals surface area contributed by atoms with Crippen molar-refractivity contribution >= 4 is 5.90 Å². The first-order chi connectivity index (χ1) is 13.1. The highest BCUT2D eigenvalue weighted by molar-refractivity contribution is 5.72. The van der Waals surface area contributed by atoms with Gasteiger partial charge in [-0.15, -0.1) is 0 Å². The molecule has 0 radical (unpaired) electrons. The van der Waals surface area contributed by atoms with Crippen molar-refractivity contribution < 1.29 is 9.57 Å². The smallest absolute Gasteiger partial charge is 0.368 e. The van der Waals surface area contributed by atoms with Crippen LogP contribution in [0.2, 0.25) is 0 Å². The monoisotopic (exact) mass is 367 g/mol. The third-order valence-electron chi connectivity index (χ3n) is 4.03. The molecule has 1 heterocycles. The Balaban J connectivity index is 1.69. The molecule has 3 rings (SSSR count). The fourth-order valence-electron chi connectivity index (χ4n) is 2.51. The average Bonchev–Trinajstić information content (AvgIpc) is 3.01. The number of hydrogen-bond donors (Lipinski definition) is 0. The fraction of sp³-hybridized carbons (Fsp3) is 0.263. The Morgan fingerprint density at radius 1 is 1.07 bits per heavy atom. The lowest BCUT2D eigenvalue weighted by atomic mass is 10.1. The molecule has 0 aliphatic carbocycles. The number of ether oxygens (including phenoxy) is 1. The largest absolute Gasteiger partial charge is 0.474 e. The Bertz CT molecular complexity index is 992. The summed E-state index contributed by atoms with van der Waals surface area (Å²) in [6.07, 6.45) is 0. The van der Waals surface area contributed by atoms with E-state index in [1.807, 2.05) is 49.4 Å². The molecule has 0 atom stereocenters. The van der Waals surface area contributed by atoms with Gasteiger partial charge in [0.2, 0.25) is 5.90 Å². The molecule has 0 bridgehead atoms. The maximum atomic E-state index is 12.1. The van der Waals surface area contributed by atoms with Gasteiger partial charge in [-0.3, -0.25) is 0 Å². The molecule has 0 saturated heterocycles. The van der Waals surface area contributed by atoms with Crippen LogP contribution in [0.15, 0.2) is 58.5 Å². The van der Waals surface area contributed by atoms with Gasteiger partial charge in [-0.2, -0.15) is 9.36 Å². The lowest BCUT2D eigenvalue weighted by Gasteiger charge is -2.11. The van der Waals surface area contributed by atoms with Gasteiger partial charge in [-0.25, -0.2) is 4.79 Å². The summed E-state index contributed by atoms with van der Waals surface area (Å²) in [5.74, 6) is 0.422. The van der Waals surface area contributed by atoms with E-state index in [9.17, 15) is 4.79 Å². The average molecular weight is 367 g/mol. The van der Waals surface area contributed by atoms with Gasteiger partial charge in [0.1, 0.15) is 13.2 Å². The minimum Gasteiger partial charge on any atom is -0.474 e. The molecule has 0 saturated carbocycles. The van der Waals surface area contributed by atoms with E-state index in [1.54, 1.807) is 20.0 Å². The van der Waals surface area contributed by atoms with Crippen LogP contribution in [0.25, 0.3) is 5.69 Å². The molecule has 8 heteroatoms. The molecule has 27 heavy (non-hydrogen) atoms. The molecule has 140 valence electrons. The van der Waals surface area contributed by atoms with E-state index in [-0.39, 0.29) is 12.3 Å². The standard InChI is InChI=1S/C19H21N5O3/c1-14-8-7-11-18(24-19(25)23(3)21-22-24)17(14)13-27-20-15(2)26-12-16-9-5-4-6-10-16/h4-11H,12-13H2,1-3H3/b20-15-. The van der Waals surface area contributed by atoms with E-state index >= 15 is 0 Å². The van der Waals surface area contributed by atoms with Crippen LogP contribution in [0.5, 0.6) is 0 Å². The molecule has 2 aromatic carbocycles. The Labute approximate surface area is 156 Å². The number of benzene rings is 2. The first kappa shape index (κ1) is 18.4. The van der Waals surface area contributed by atoms with E-state index in [1.165, 1.54) is 9.36 Å². The van der Waals surface area contributed by atoms with Crippen molar-refractivity contribution in [3.8, 4) is 5.69 Å². The zero-order chi connectivity index (χ0) is 19.2. The molecule has 0 amide bonds. The Morgan fingerprint density at radius 2 is 1.85 bits per heavy atom. The maximum Gasteiger partial charge on any atom is 0.368 e. The summed E-state index contributed by atoms with van der Waals surface area (Å²) in [7, 11) is 1.55. The van der Waals surface area contributed by atoms with Crippen LogP contribution >= 0.6 is 0 Å². The predicted octanol–water partition coefficient (Wildman–Crippen LogP) is 2.34. The van der Waals surface area contributed by atoms with Crippen LogP contribution in [-0.2, 0) is 29.8 Å². The summed E-state index contributed by atoms with van der Waals surface area (Å²) in [6.45, 7) is 4.27. The lowest BCUT2D eigenvalue weighted by Crippen LogP contribution is -2.23. The minimum absolute atomic E-state index is 0.178. The second kappa shape index (κ2) is 8.31. The lowest BCUT2D eigenvalue weighted by molar-refractivity contribution is 0.117. The van der Waals surface area contributed by atoms with Gasteiger partial charge in [0.15, 0.2) is 0 Å². The number of tetrazole rings is 1. The molecule has 1 aromatic heterocycles. The number of rotatable bonds is 6. The van der Waals surface area contributed by atoms with Crippen LogP contribution in [0.4, 0.5) is 0 Å². The number of aryl methyl sites for hydroxylation is 2. The van der Waals surface area contributed by atoms with Gasteiger partial charge in [0.05, 0.1) is 5.69 Å². The summed E-state index contributed by atoms with van der Waals surface area (Å²) in [5.41, 5.74) is 3.11. The van der Waals surface area contributed by atoms with E-state index in [4.69, 9.17) is 9.57 Å². The van der Waals surface area contributed by atoms with Crippen molar-refractivity contribution in [3.63, 3.8) is 0 Å². The number of hydrogen-bond acceptors (Lipinski definition) is 6. The second-order valence-corrected chi connectivity index (χ2v) is 6.03. The van der Waals surface area contributed by atoms with Gasteiger partial charge >= 0.3 is 5.69 Å². The van der Waals surface area contributed by atoms with E-state index in [0.717, 1.165) is 16.7 Å². The number of nitrogens with zero attached hydrogens (tertiary/aromatic N) is 5. The van der Waals surface area contributed by atoms with Gasteiger partial charge in [0.25, 0.3) is 0 Å². The Hall–Kier alpha value is -3.42. The highest BCUT2D eigenvalue weighted by Gasteiger charge is 2.13. The zero-order valence-electron chi connectivity index (χ0n) is 15.5. The second-order valence-electron chi connectivity index (χ2n) is 6.03. The molecular weight excluding hydrogens is 346 g/mol. The summed E-state index contributed by atoms with van der Waals surface area (Å²) in [6, 6.07) is 15.4. The summed E-state index contributed by atoms with van der Waals surface area (Å²) >= 11 is 0. The van der Waals surface area contributed by atoms with Gasteiger partial charge in [0, 0.05) is 19.5 Å². The third-order valence-corrected chi connectivity index (χ3v) is 4.03. The van der Waals surface area contributed by atoms with Crippen molar-refractivity contribution in [2.24, 2.45) is 12.2 Å². The van der Waals surface area contributed by atoms with Crippen LogP contribution in [0.3, 0.4) is 0 Å². The molecular formula is C19H21N5O3. The molecule has 0 N–H and O–H groups in total. The first-order valence-corrected chi connectivity index (χ1v) is 8.47. The minimum atomic E-state index is -0.326. The van der Waals surface area contributed by atoms with Crippen molar-refractivity contribution in [2.45, 2.75) is 27.1 Å². The van der Waals surface area contributed by atoms with Crippen molar-refractivity contribution in [2.75, 3.05) is 0 Å². The SMILES string of the molecule is C/C(=N/OCc1c(C)cccc1-n1nnn(C)c1=O)OCc1ccccc1. The summed E-state index contributed by atoms with van der Waals surface area (Å²) in [5, 5.41) is 11.7. The van der Waals surface area contributed by atoms with E-state index in [0.29, 0.717) is 18.2 Å². The molecule has 0 spiro atoms. The van der Waals surface area contributed by atoms with E-state index in [2.05, 4.69) is 15.6 Å². The first-order valence-electron chi connectivity index (χ1n) is 8.47. The molecule has 8 nitrogen and oxygen atoms in total. The number of aromatic nitrogens is 4. The van der Waals surface area contributed by atoms with Crippen molar-refractivity contribution in [1.82, 2.24) is 19.8 Å². The molecule has 0 aliphatic rings. The topological polar surface area (TPSA) is 83.5 Å². The van der Waals surface area contributed by atoms with Crippen LogP contribution in [0.1, 0.15) is 23.6 Å². The molecule has 0 unspecified atom stereocenters. The quantitative estimate of drug-likeness (QED) is 0.379. The third kappa shape index (κ3) is 4.41. The Morgan fingerprint density at radius 3 is 2.56 bits per heavy atom. The van der Waals surface area contributed by atoms with Crippen molar-refractivity contribution in [3.05, 3.63) is 75.7 Å². The summed E-state index contributed by atoms with van der Waals surface area (Å²) in [4.78, 5) is 17.6. The Kier molecular flexibility index (Phi) is 5.65. The normalized spacial score (nSPS) is 11.4. The molecule has 0 aliphatic heterocycles. The van der Waals surface area contributed by atoms with Crippen LogP contribution in [0, 0.1) is 6.92 Å². The summed E-state index contributed by atoms with van der Waals surface area (Å²) < 4.78 is 8.00. The van der Waals surface area contributed by atoms with Crippen molar-refractivity contribution in [1.29, 1.82) is 0 Å². The highest BCUT2D eigenvalue weighted by Crippen LogP contribution is 2.18. The maximum absolute atomic E-state index is 12.1. The van der Waals surface area contributed by atoms with Gasteiger partial charge in [-0.05, 0) is 34.5 Å². The van der Waals surface area contributed by atoms with E-state index < -0.39 is 0 Å². The van der Waals surface area contributed by atoms with Crippen LogP contribution < -0.4 is 5.69 Å². The molecule has 0 fully saturated rings. The zero-order valence-corrected chi connectivity index (χ0v) is 15.5. The van der Waals surface area contributed by atoms with Crippen LogP contribution in [-0.4, -0.2) is 25.7 Å². The molecule has 3 aromatic rings.